The molecule has 0 saturated carbocycles. The van der Waals surface area contributed by atoms with Gasteiger partial charge in [-0.3, -0.25) is 4.57 Å². The van der Waals surface area contributed by atoms with E-state index >= 15 is 0 Å². The van der Waals surface area contributed by atoms with Crippen LogP contribution in [0.1, 0.15) is 0 Å². The molecule has 0 atom stereocenters. The number of fused-ring (bicyclic) bond motifs is 1. The van der Waals surface area contributed by atoms with E-state index < -0.39 is 0 Å². The van der Waals surface area contributed by atoms with E-state index in [-0.39, 0.29) is 0 Å². The second-order valence-corrected chi connectivity index (χ2v) is 7.52. The van der Waals surface area contributed by atoms with E-state index in [0.29, 0.717) is 5.95 Å². The fourth-order valence-electron chi connectivity index (χ4n) is 3.29. The number of benzene rings is 3. The Hall–Kier alpha value is -3.24. The number of rotatable bonds is 3. The summed E-state index contributed by atoms with van der Waals surface area (Å²) in [5.74, 6) is 0.660. The highest BCUT2D eigenvalue weighted by Gasteiger charge is 2.11. The van der Waals surface area contributed by atoms with E-state index in [0.717, 1.165) is 37.8 Å². The third-order valence-corrected chi connectivity index (χ3v) is 5.18. The van der Waals surface area contributed by atoms with Gasteiger partial charge in [0.1, 0.15) is 0 Å². The van der Waals surface area contributed by atoms with Gasteiger partial charge < -0.3 is 0 Å². The zero-order valence-electron chi connectivity index (χ0n) is 15.0. The van der Waals surface area contributed by atoms with Crippen molar-refractivity contribution in [1.29, 1.82) is 0 Å². The van der Waals surface area contributed by atoms with Gasteiger partial charge in [0.15, 0.2) is 0 Å². The van der Waals surface area contributed by atoms with Gasteiger partial charge >= 0.3 is 0 Å². The number of hydrogen-bond acceptors (Lipinski definition) is 2. The Morgan fingerprint density at radius 1 is 0.607 bits per heavy atom. The normalized spacial score (nSPS) is 11.0. The number of hydrogen-bond donors (Lipinski definition) is 0. The minimum Gasteiger partial charge on any atom is -0.292 e. The third kappa shape index (κ3) is 3.23. The molecule has 0 bridgehead atoms. The lowest BCUT2D eigenvalue weighted by molar-refractivity contribution is 0.945. The first-order valence-corrected chi connectivity index (χ1v) is 9.83. The van der Waals surface area contributed by atoms with E-state index in [2.05, 4.69) is 64.7 Å². The average Bonchev–Trinajstić information content (AvgIpc) is 3.18. The van der Waals surface area contributed by atoms with Gasteiger partial charge in [-0.15, -0.1) is 0 Å². The molecule has 5 aromatic rings. The smallest absolute Gasteiger partial charge is 0.234 e. The summed E-state index contributed by atoms with van der Waals surface area (Å²) in [6.45, 7) is 0. The molecular weight excluding hydrogens is 410 g/mol. The van der Waals surface area contributed by atoms with Crippen molar-refractivity contribution in [2.75, 3.05) is 0 Å². The van der Waals surface area contributed by atoms with Gasteiger partial charge in [0.05, 0.1) is 11.4 Å². The molecule has 28 heavy (non-hydrogen) atoms. The van der Waals surface area contributed by atoms with Crippen LogP contribution in [0.4, 0.5) is 0 Å². The first kappa shape index (κ1) is 16.9. The van der Waals surface area contributed by atoms with Crippen LogP contribution in [0.25, 0.3) is 39.2 Å². The first-order chi connectivity index (χ1) is 13.8. The van der Waals surface area contributed by atoms with Gasteiger partial charge in [0, 0.05) is 33.4 Å². The second-order valence-electron chi connectivity index (χ2n) is 6.61. The van der Waals surface area contributed by atoms with Crippen LogP contribution in [0, 0.1) is 0 Å². The maximum Gasteiger partial charge on any atom is 0.234 e. The molecule has 0 unspecified atom stereocenters. The second kappa shape index (κ2) is 7.06. The highest BCUT2D eigenvalue weighted by molar-refractivity contribution is 9.10. The van der Waals surface area contributed by atoms with Crippen molar-refractivity contribution in [3.8, 4) is 28.5 Å². The van der Waals surface area contributed by atoms with Crippen molar-refractivity contribution in [2.24, 2.45) is 0 Å². The Morgan fingerprint density at radius 2 is 1.18 bits per heavy atom. The maximum atomic E-state index is 4.86. The van der Waals surface area contributed by atoms with Crippen molar-refractivity contribution < 1.29 is 0 Å². The van der Waals surface area contributed by atoms with Gasteiger partial charge in [-0.1, -0.05) is 82.7 Å². The van der Waals surface area contributed by atoms with E-state index in [1.165, 1.54) is 0 Å². The van der Waals surface area contributed by atoms with Crippen LogP contribution in [0.5, 0.6) is 0 Å². The molecule has 0 aliphatic heterocycles. The van der Waals surface area contributed by atoms with E-state index in [9.17, 15) is 0 Å². The molecule has 0 fully saturated rings. The van der Waals surface area contributed by atoms with Crippen LogP contribution in [-0.2, 0) is 0 Å². The highest BCUT2D eigenvalue weighted by Crippen LogP contribution is 2.27. The van der Waals surface area contributed by atoms with Gasteiger partial charge in [0.2, 0.25) is 5.95 Å². The van der Waals surface area contributed by atoms with Gasteiger partial charge in [-0.25, -0.2) is 9.97 Å². The number of halogens is 1. The minimum absolute atomic E-state index is 0.660. The molecule has 0 aliphatic carbocycles. The van der Waals surface area contributed by atoms with Crippen LogP contribution in [0.2, 0.25) is 0 Å². The highest BCUT2D eigenvalue weighted by atomic mass is 79.9. The Labute approximate surface area is 171 Å². The molecule has 0 aliphatic rings. The average molecular weight is 426 g/mol. The van der Waals surface area contributed by atoms with Crippen LogP contribution in [0.15, 0.2) is 102 Å². The zero-order chi connectivity index (χ0) is 18.9. The topological polar surface area (TPSA) is 30.7 Å². The summed E-state index contributed by atoms with van der Waals surface area (Å²) in [4.78, 5) is 9.71. The zero-order valence-corrected chi connectivity index (χ0v) is 16.5. The lowest BCUT2D eigenvalue weighted by Gasteiger charge is -2.09. The molecule has 2 heterocycles. The Balaban J connectivity index is 1.72. The molecule has 4 heteroatoms. The van der Waals surface area contributed by atoms with Gasteiger partial charge in [-0.05, 0) is 23.6 Å². The van der Waals surface area contributed by atoms with E-state index in [1.54, 1.807) is 0 Å². The van der Waals surface area contributed by atoms with Gasteiger partial charge in [0.25, 0.3) is 0 Å². The predicted octanol–water partition coefficient (Wildman–Crippen LogP) is 6.52. The lowest BCUT2D eigenvalue weighted by Crippen LogP contribution is -2.01. The predicted molar refractivity (Wildman–Crippen MR) is 117 cm³/mol. The molecule has 0 amide bonds. The molecule has 134 valence electrons. The monoisotopic (exact) mass is 425 g/mol. The van der Waals surface area contributed by atoms with Crippen molar-refractivity contribution in [3.05, 3.63) is 102 Å². The van der Waals surface area contributed by atoms with Crippen molar-refractivity contribution in [3.63, 3.8) is 0 Å². The maximum absolute atomic E-state index is 4.86. The lowest BCUT2D eigenvalue weighted by atomic mass is 10.1. The van der Waals surface area contributed by atoms with E-state index in [4.69, 9.17) is 9.97 Å². The quantitative estimate of drug-likeness (QED) is 0.329. The third-order valence-electron chi connectivity index (χ3n) is 4.69. The summed E-state index contributed by atoms with van der Waals surface area (Å²) >= 11 is 3.54. The molecule has 5 rings (SSSR count). The molecule has 0 spiro atoms. The fraction of sp³-hybridized carbons (Fsp3) is 0. The molecule has 3 aromatic carbocycles. The first-order valence-electron chi connectivity index (χ1n) is 9.04. The van der Waals surface area contributed by atoms with Gasteiger partial charge in [-0.2, -0.15) is 0 Å². The van der Waals surface area contributed by atoms with Crippen molar-refractivity contribution in [1.82, 2.24) is 14.5 Å². The molecule has 0 radical (unpaired) electrons. The van der Waals surface area contributed by atoms with Crippen LogP contribution in [0.3, 0.4) is 0 Å². The molecule has 2 aromatic heterocycles. The Morgan fingerprint density at radius 3 is 1.79 bits per heavy atom. The van der Waals surface area contributed by atoms with Crippen molar-refractivity contribution >= 4 is 26.7 Å². The summed E-state index contributed by atoms with van der Waals surface area (Å²) < 4.78 is 3.05. The summed E-state index contributed by atoms with van der Waals surface area (Å²) in [7, 11) is 0. The van der Waals surface area contributed by atoms with Crippen molar-refractivity contribution in [2.45, 2.75) is 0 Å². The molecule has 3 nitrogen and oxygen atoms in total. The van der Waals surface area contributed by atoms with E-state index in [1.807, 2.05) is 53.1 Å². The largest absolute Gasteiger partial charge is 0.292 e. The summed E-state index contributed by atoms with van der Waals surface area (Å²) in [6, 6.07) is 28.7. The molecular formula is C24H16BrN3. The minimum atomic E-state index is 0.660. The summed E-state index contributed by atoms with van der Waals surface area (Å²) in [5.41, 5.74) is 3.96. The SMILES string of the molecule is Brc1ccc2cn(-c3nc(-c4ccccc4)cc(-c4ccccc4)n3)cc2c1. The Kier molecular flexibility index (Phi) is 4.26. The summed E-state index contributed by atoms with van der Waals surface area (Å²) in [5, 5.41) is 2.29. The molecule has 0 saturated heterocycles. The van der Waals surface area contributed by atoms with Crippen LogP contribution >= 0.6 is 15.9 Å². The molecule has 0 N–H and O–H groups in total. The number of nitrogens with zero attached hydrogens (tertiary/aromatic N) is 3. The Bertz CT molecular complexity index is 1200. The van der Waals surface area contributed by atoms with Crippen LogP contribution < -0.4 is 0 Å². The van der Waals surface area contributed by atoms with Crippen LogP contribution in [-0.4, -0.2) is 14.5 Å². The standard InChI is InChI=1S/C24H16BrN3/c25-21-12-11-19-15-28(16-20(19)13-21)24-26-22(17-7-3-1-4-8-17)14-23(27-24)18-9-5-2-6-10-18/h1-16H. The fourth-order valence-corrected chi connectivity index (χ4v) is 3.67. The summed E-state index contributed by atoms with van der Waals surface area (Å²) in [6.07, 6.45) is 4.14. The number of aromatic nitrogens is 3.